The van der Waals surface area contributed by atoms with E-state index < -0.39 is 6.10 Å². The molecule has 4 heteroatoms. The minimum absolute atomic E-state index is 0.305. The molecule has 1 unspecified atom stereocenters. The van der Waals surface area contributed by atoms with Gasteiger partial charge in [-0.3, -0.25) is 0 Å². The van der Waals surface area contributed by atoms with Crippen molar-refractivity contribution in [1.82, 2.24) is 5.32 Å². The molecule has 0 aromatic heterocycles. The van der Waals surface area contributed by atoms with Crippen molar-refractivity contribution in [3.63, 3.8) is 0 Å². The van der Waals surface area contributed by atoms with Crippen LogP contribution < -0.4 is 15.8 Å². The van der Waals surface area contributed by atoms with Gasteiger partial charge in [0.1, 0.15) is 18.5 Å². The van der Waals surface area contributed by atoms with Crippen LogP contribution in [0, 0.1) is 13.8 Å². The molecule has 4 nitrogen and oxygen atoms in total. The van der Waals surface area contributed by atoms with Crippen LogP contribution in [-0.2, 0) is 0 Å². The monoisotopic (exact) mass is 252 g/mol. The van der Waals surface area contributed by atoms with E-state index in [1.54, 1.807) is 0 Å². The van der Waals surface area contributed by atoms with Gasteiger partial charge in [0.05, 0.1) is 0 Å². The maximum absolute atomic E-state index is 9.74. The van der Waals surface area contributed by atoms with Crippen LogP contribution in [0.4, 0.5) is 0 Å². The van der Waals surface area contributed by atoms with Crippen LogP contribution in [-0.4, -0.2) is 37.5 Å². The molecular weight excluding hydrogens is 228 g/mol. The van der Waals surface area contributed by atoms with Crippen LogP contribution in [0.25, 0.3) is 0 Å². The highest BCUT2D eigenvalue weighted by Crippen LogP contribution is 2.18. The first-order chi connectivity index (χ1) is 8.63. The summed E-state index contributed by atoms with van der Waals surface area (Å²) in [6.45, 7) is 6.39. The first kappa shape index (κ1) is 15.0. The average Bonchev–Trinajstić information content (AvgIpc) is 2.33. The summed E-state index contributed by atoms with van der Waals surface area (Å²) in [4.78, 5) is 0. The molecule has 18 heavy (non-hydrogen) atoms. The van der Waals surface area contributed by atoms with Gasteiger partial charge in [-0.2, -0.15) is 0 Å². The van der Waals surface area contributed by atoms with E-state index in [4.69, 9.17) is 10.5 Å². The number of benzene rings is 1. The molecule has 1 rings (SSSR count). The number of ether oxygens (including phenoxy) is 1. The summed E-state index contributed by atoms with van der Waals surface area (Å²) in [7, 11) is 0. The van der Waals surface area contributed by atoms with Gasteiger partial charge in [-0.05, 0) is 45.0 Å². The third-order valence-electron chi connectivity index (χ3n) is 2.70. The Morgan fingerprint density at radius 1 is 1.39 bits per heavy atom. The van der Waals surface area contributed by atoms with Gasteiger partial charge < -0.3 is 20.9 Å². The first-order valence-electron chi connectivity index (χ1n) is 6.42. The molecule has 0 spiro atoms. The number of hydrogen-bond donors (Lipinski definition) is 3. The van der Waals surface area contributed by atoms with E-state index in [1.165, 1.54) is 5.56 Å². The molecule has 1 aromatic rings. The lowest BCUT2D eigenvalue weighted by atomic mass is 10.1. The molecule has 0 aliphatic heterocycles. The van der Waals surface area contributed by atoms with Crippen LogP contribution in [0.2, 0.25) is 0 Å². The Kier molecular flexibility index (Phi) is 6.72. The maximum atomic E-state index is 9.74. The van der Waals surface area contributed by atoms with Crippen molar-refractivity contribution in [2.24, 2.45) is 5.73 Å². The third kappa shape index (κ3) is 5.49. The number of hydrogen-bond acceptors (Lipinski definition) is 4. The number of rotatable bonds is 8. The Morgan fingerprint density at radius 3 is 2.83 bits per heavy atom. The summed E-state index contributed by atoms with van der Waals surface area (Å²) < 4.78 is 5.60. The lowest BCUT2D eigenvalue weighted by molar-refractivity contribution is 0.106. The van der Waals surface area contributed by atoms with Crippen molar-refractivity contribution < 1.29 is 9.84 Å². The second kappa shape index (κ2) is 8.08. The predicted molar refractivity (Wildman–Crippen MR) is 74.0 cm³/mol. The molecule has 0 heterocycles. The topological polar surface area (TPSA) is 67.5 Å². The van der Waals surface area contributed by atoms with Gasteiger partial charge in [0, 0.05) is 6.54 Å². The smallest absolute Gasteiger partial charge is 0.122 e. The molecule has 102 valence electrons. The lowest BCUT2D eigenvalue weighted by Gasteiger charge is -2.14. The second-order valence-corrected chi connectivity index (χ2v) is 4.58. The minimum Gasteiger partial charge on any atom is -0.491 e. The van der Waals surface area contributed by atoms with Crippen LogP contribution in [0.3, 0.4) is 0 Å². The van der Waals surface area contributed by atoms with Gasteiger partial charge in [-0.25, -0.2) is 0 Å². The van der Waals surface area contributed by atoms with Crippen molar-refractivity contribution >= 4 is 0 Å². The quantitative estimate of drug-likeness (QED) is 0.603. The Morgan fingerprint density at radius 2 is 2.17 bits per heavy atom. The van der Waals surface area contributed by atoms with Crippen molar-refractivity contribution in [1.29, 1.82) is 0 Å². The van der Waals surface area contributed by atoms with Crippen LogP contribution in [0.1, 0.15) is 17.5 Å². The summed E-state index contributed by atoms with van der Waals surface area (Å²) in [5.41, 5.74) is 7.69. The zero-order valence-corrected chi connectivity index (χ0v) is 11.3. The fourth-order valence-corrected chi connectivity index (χ4v) is 1.70. The van der Waals surface area contributed by atoms with Crippen LogP contribution in [0.5, 0.6) is 5.75 Å². The summed E-state index contributed by atoms with van der Waals surface area (Å²) in [5.74, 6) is 0.835. The molecule has 0 radical (unpaired) electrons. The largest absolute Gasteiger partial charge is 0.491 e. The number of aliphatic hydroxyl groups is 1. The zero-order chi connectivity index (χ0) is 13.4. The molecule has 1 aromatic carbocycles. The molecule has 0 saturated carbocycles. The van der Waals surface area contributed by atoms with E-state index in [-0.39, 0.29) is 0 Å². The minimum atomic E-state index is -0.497. The van der Waals surface area contributed by atoms with Crippen molar-refractivity contribution in [3.05, 3.63) is 29.3 Å². The van der Waals surface area contributed by atoms with Gasteiger partial charge in [0.2, 0.25) is 0 Å². The summed E-state index contributed by atoms with van der Waals surface area (Å²) in [5, 5.41) is 12.9. The number of nitrogens with one attached hydrogen (secondary N) is 1. The van der Waals surface area contributed by atoms with E-state index in [1.807, 2.05) is 26.0 Å². The molecule has 0 fully saturated rings. The highest BCUT2D eigenvalue weighted by atomic mass is 16.5. The highest BCUT2D eigenvalue weighted by molar-refractivity contribution is 5.35. The normalized spacial score (nSPS) is 12.4. The molecule has 0 saturated heterocycles. The molecule has 0 aliphatic rings. The Bertz CT molecular complexity index is 356. The van der Waals surface area contributed by atoms with Crippen molar-refractivity contribution in [3.8, 4) is 5.75 Å². The van der Waals surface area contributed by atoms with Gasteiger partial charge >= 0.3 is 0 Å². The average molecular weight is 252 g/mol. The molecule has 0 aliphatic carbocycles. The van der Waals surface area contributed by atoms with Gasteiger partial charge in [-0.15, -0.1) is 0 Å². The fourth-order valence-electron chi connectivity index (χ4n) is 1.70. The van der Waals surface area contributed by atoms with Crippen molar-refractivity contribution in [2.45, 2.75) is 26.4 Å². The number of nitrogens with two attached hydrogens (primary N) is 1. The van der Waals surface area contributed by atoms with Gasteiger partial charge in [0.15, 0.2) is 0 Å². The molecule has 0 amide bonds. The Balaban J connectivity index is 2.27. The highest BCUT2D eigenvalue weighted by Gasteiger charge is 2.06. The van der Waals surface area contributed by atoms with Gasteiger partial charge in [-0.1, -0.05) is 17.7 Å². The van der Waals surface area contributed by atoms with E-state index in [9.17, 15) is 5.11 Å². The third-order valence-corrected chi connectivity index (χ3v) is 2.70. The molecule has 1 atom stereocenters. The van der Waals surface area contributed by atoms with Crippen LogP contribution in [0.15, 0.2) is 18.2 Å². The summed E-state index contributed by atoms with van der Waals surface area (Å²) in [6, 6.07) is 6.02. The fraction of sp³-hybridized carbons (Fsp3) is 0.571. The maximum Gasteiger partial charge on any atom is 0.122 e. The standard InChI is InChI=1S/C14H24N2O2/c1-11-4-5-14(12(2)8-11)18-10-13(17)9-16-7-3-6-15/h4-5,8,13,16-17H,3,6-7,9-10,15H2,1-2H3. The molecular formula is C14H24N2O2. The number of aliphatic hydroxyl groups excluding tert-OH is 1. The van der Waals surface area contributed by atoms with E-state index >= 15 is 0 Å². The van der Waals surface area contributed by atoms with Crippen molar-refractivity contribution in [2.75, 3.05) is 26.2 Å². The predicted octanol–water partition coefficient (Wildman–Crippen LogP) is 0.982. The van der Waals surface area contributed by atoms with Crippen LogP contribution >= 0.6 is 0 Å². The molecule has 4 N–H and O–H groups in total. The van der Waals surface area contributed by atoms with E-state index in [0.29, 0.717) is 19.7 Å². The van der Waals surface area contributed by atoms with E-state index in [0.717, 1.165) is 24.3 Å². The SMILES string of the molecule is Cc1ccc(OCC(O)CNCCCN)c(C)c1. The Labute approximate surface area is 109 Å². The van der Waals surface area contributed by atoms with Gasteiger partial charge in [0.25, 0.3) is 0 Å². The van der Waals surface area contributed by atoms with E-state index in [2.05, 4.69) is 11.4 Å². The lowest BCUT2D eigenvalue weighted by Crippen LogP contribution is -2.32. The zero-order valence-electron chi connectivity index (χ0n) is 11.3. The first-order valence-corrected chi connectivity index (χ1v) is 6.42. The summed E-state index contributed by atoms with van der Waals surface area (Å²) >= 11 is 0. The summed E-state index contributed by atoms with van der Waals surface area (Å²) in [6.07, 6.45) is 0.424. The molecule has 0 bridgehead atoms. The second-order valence-electron chi connectivity index (χ2n) is 4.58. The Hall–Kier alpha value is -1.10. The number of aryl methyl sites for hydroxylation is 2.